The molecule has 138 valence electrons. The topological polar surface area (TPSA) is 49.7 Å². The Morgan fingerprint density at radius 2 is 1.62 bits per heavy atom. The number of halogens is 3. The highest BCUT2D eigenvalue weighted by Crippen LogP contribution is 2.28. The molecular weight excluding hydrogens is 365 g/mol. The molecule has 0 aromatic heterocycles. The predicted molar refractivity (Wildman–Crippen MR) is 96.1 cm³/mol. The average molecular weight is 382 g/mol. The molecule has 26 heavy (non-hydrogen) atoms. The monoisotopic (exact) mass is 382 g/mol. The lowest BCUT2D eigenvalue weighted by Crippen LogP contribution is -2.17. The number of sulfone groups is 1. The van der Waals surface area contributed by atoms with E-state index in [4.69, 9.17) is 0 Å². The fraction of sp³-hybridized carbons (Fsp3) is 0.167. The van der Waals surface area contributed by atoms with Crippen LogP contribution in [0, 0.1) is 0 Å². The number of allylic oxidation sites excluding steroid dienone is 1. The van der Waals surface area contributed by atoms with Gasteiger partial charge in [-0.2, -0.15) is 13.2 Å². The Morgan fingerprint density at radius 1 is 1.04 bits per heavy atom. The lowest BCUT2D eigenvalue weighted by Gasteiger charge is -2.17. The van der Waals surface area contributed by atoms with Gasteiger partial charge >= 0.3 is 6.18 Å². The van der Waals surface area contributed by atoms with E-state index in [1.807, 2.05) is 0 Å². The minimum absolute atomic E-state index is 0.0942. The van der Waals surface area contributed by atoms with Gasteiger partial charge in [0.15, 0.2) is 15.5 Å². The quantitative estimate of drug-likeness (QED) is 0.733. The molecule has 0 heterocycles. The highest BCUT2D eigenvalue weighted by atomic mass is 32.2. The fourth-order valence-electron chi connectivity index (χ4n) is 2.05. The summed E-state index contributed by atoms with van der Waals surface area (Å²) in [6.45, 7) is 0. The standard InChI is InChI=1S/C18H17F3N2O2S/c1-23(15-8-10-16(11-9-15)26(2,24)25)13-17(18(19,20)21)22-12-14-6-4-3-5-7-14/h3-13H,1-2H3/b17-13-,22-12?. The van der Waals surface area contributed by atoms with Gasteiger partial charge in [-0.1, -0.05) is 30.3 Å². The number of hydrogen-bond acceptors (Lipinski definition) is 4. The van der Waals surface area contributed by atoms with Crippen molar-refractivity contribution in [3.63, 3.8) is 0 Å². The van der Waals surface area contributed by atoms with Gasteiger partial charge < -0.3 is 4.90 Å². The molecule has 2 aromatic rings. The highest BCUT2D eigenvalue weighted by Gasteiger charge is 2.34. The van der Waals surface area contributed by atoms with Gasteiger partial charge in [0.25, 0.3) is 0 Å². The summed E-state index contributed by atoms with van der Waals surface area (Å²) in [7, 11) is -1.94. The summed E-state index contributed by atoms with van der Waals surface area (Å²) >= 11 is 0. The van der Waals surface area contributed by atoms with E-state index in [9.17, 15) is 21.6 Å². The molecule has 0 radical (unpaired) electrons. The molecule has 0 spiro atoms. The van der Waals surface area contributed by atoms with Gasteiger partial charge in [0.1, 0.15) is 0 Å². The number of benzene rings is 2. The van der Waals surface area contributed by atoms with Crippen LogP contribution in [0.15, 0.2) is 76.4 Å². The van der Waals surface area contributed by atoms with Gasteiger partial charge in [0, 0.05) is 31.4 Å². The van der Waals surface area contributed by atoms with Crippen molar-refractivity contribution < 1.29 is 21.6 Å². The molecule has 0 bridgehead atoms. The van der Waals surface area contributed by atoms with Crippen molar-refractivity contribution in [2.75, 3.05) is 18.2 Å². The molecule has 0 fully saturated rings. The Labute approximate surface area is 150 Å². The van der Waals surface area contributed by atoms with Crippen LogP contribution in [-0.2, 0) is 9.84 Å². The molecule has 0 amide bonds. The van der Waals surface area contributed by atoms with Crippen molar-refractivity contribution in [3.05, 3.63) is 72.1 Å². The molecule has 0 aliphatic heterocycles. The Morgan fingerprint density at radius 3 is 2.12 bits per heavy atom. The molecule has 0 saturated carbocycles. The third-order valence-corrected chi connectivity index (χ3v) is 4.56. The Balaban J connectivity index is 2.30. The molecule has 0 saturated heterocycles. The number of hydrogen-bond donors (Lipinski definition) is 0. The van der Waals surface area contributed by atoms with Crippen molar-refractivity contribution in [2.45, 2.75) is 11.1 Å². The van der Waals surface area contributed by atoms with Crippen LogP contribution in [-0.4, -0.2) is 34.1 Å². The zero-order valence-corrected chi connectivity index (χ0v) is 14.9. The zero-order valence-electron chi connectivity index (χ0n) is 14.1. The molecule has 2 aromatic carbocycles. The number of rotatable bonds is 5. The predicted octanol–water partition coefficient (Wildman–Crippen LogP) is 4.05. The lowest BCUT2D eigenvalue weighted by molar-refractivity contribution is -0.0924. The third-order valence-electron chi connectivity index (χ3n) is 3.43. The summed E-state index contributed by atoms with van der Waals surface area (Å²) in [6.07, 6.45) is -1.58. The number of anilines is 1. The number of aliphatic imine (C=N–C) groups is 1. The molecule has 0 atom stereocenters. The van der Waals surface area contributed by atoms with Gasteiger partial charge in [-0.3, -0.25) is 0 Å². The van der Waals surface area contributed by atoms with Crippen molar-refractivity contribution in [3.8, 4) is 0 Å². The van der Waals surface area contributed by atoms with E-state index in [0.717, 1.165) is 18.7 Å². The molecular formula is C18H17F3N2O2S. The van der Waals surface area contributed by atoms with Crippen LogP contribution in [0.2, 0.25) is 0 Å². The van der Waals surface area contributed by atoms with Gasteiger partial charge in [0.05, 0.1) is 4.90 Å². The van der Waals surface area contributed by atoms with E-state index >= 15 is 0 Å². The maximum Gasteiger partial charge on any atom is 0.434 e. The molecule has 0 aliphatic carbocycles. The Bertz CT molecular complexity index is 904. The second kappa shape index (κ2) is 7.74. The molecule has 0 unspecified atom stereocenters. The molecule has 2 rings (SSSR count). The number of alkyl halides is 3. The van der Waals surface area contributed by atoms with Gasteiger partial charge in [0.2, 0.25) is 0 Å². The minimum atomic E-state index is -4.63. The van der Waals surface area contributed by atoms with Gasteiger partial charge in [-0.05, 0) is 29.8 Å². The largest absolute Gasteiger partial charge is 0.434 e. The van der Waals surface area contributed by atoms with Crippen LogP contribution in [0.1, 0.15) is 5.56 Å². The van der Waals surface area contributed by atoms with E-state index in [1.165, 1.54) is 36.2 Å². The Hall–Kier alpha value is -2.61. The minimum Gasteiger partial charge on any atom is -0.349 e. The van der Waals surface area contributed by atoms with E-state index in [2.05, 4.69) is 4.99 Å². The molecule has 4 nitrogen and oxygen atoms in total. The third kappa shape index (κ3) is 5.45. The summed E-state index contributed by atoms with van der Waals surface area (Å²) in [5.41, 5.74) is -0.132. The van der Waals surface area contributed by atoms with Crippen molar-refractivity contribution in [2.24, 2.45) is 4.99 Å². The SMILES string of the molecule is CN(/C=C(\N=Cc1ccccc1)C(F)(F)F)c1ccc(S(C)(=O)=O)cc1. The van der Waals surface area contributed by atoms with Crippen LogP contribution in [0.5, 0.6) is 0 Å². The van der Waals surface area contributed by atoms with Crippen LogP contribution in [0.4, 0.5) is 18.9 Å². The van der Waals surface area contributed by atoms with E-state index in [1.54, 1.807) is 30.3 Å². The molecule has 0 N–H and O–H groups in total. The maximum absolute atomic E-state index is 13.2. The van der Waals surface area contributed by atoms with Crippen molar-refractivity contribution >= 4 is 21.7 Å². The second-order valence-electron chi connectivity index (χ2n) is 5.56. The summed E-state index contributed by atoms with van der Waals surface area (Å²) < 4.78 is 62.6. The molecule has 8 heteroatoms. The van der Waals surface area contributed by atoms with Crippen LogP contribution >= 0.6 is 0 Å². The maximum atomic E-state index is 13.2. The van der Waals surface area contributed by atoms with Gasteiger partial charge in [-0.15, -0.1) is 0 Å². The lowest BCUT2D eigenvalue weighted by atomic mass is 10.2. The number of nitrogens with zero attached hydrogens (tertiary/aromatic N) is 2. The van der Waals surface area contributed by atoms with E-state index in [-0.39, 0.29) is 4.90 Å². The van der Waals surface area contributed by atoms with Crippen LogP contribution in [0.3, 0.4) is 0 Å². The Kier molecular flexibility index (Phi) is 5.86. The zero-order chi connectivity index (χ0) is 19.4. The smallest absolute Gasteiger partial charge is 0.349 e. The first kappa shape index (κ1) is 19.7. The van der Waals surface area contributed by atoms with Crippen molar-refractivity contribution in [1.82, 2.24) is 0 Å². The summed E-state index contributed by atoms with van der Waals surface area (Å²) in [5.74, 6) is 0. The highest BCUT2D eigenvalue weighted by molar-refractivity contribution is 7.90. The summed E-state index contributed by atoms with van der Waals surface area (Å²) in [4.78, 5) is 4.89. The van der Waals surface area contributed by atoms with Gasteiger partial charge in [-0.25, -0.2) is 13.4 Å². The molecule has 0 aliphatic rings. The fourth-order valence-corrected chi connectivity index (χ4v) is 2.68. The van der Waals surface area contributed by atoms with E-state index in [0.29, 0.717) is 11.3 Å². The normalized spacial score (nSPS) is 13.2. The van der Waals surface area contributed by atoms with Crippen LogP contribution < -0.4 is 4.90 Å². The summed E-state index contributed by atoms with van der Waals surface area (Å²) in [6, 6.07) is 14.0. The average Bonchev–Trinajstić information content (AvgIpc) is 2.57. The first-order chi connectivity index (χ1) is 12.1. The first-order valence-electron chi connectivity index (χ1n) is 7.48. The van der Waals surface area contributed by atoms with Crippen LogP contribution in [0.25, 0.3) is 0 Å². The van der Waals surface area contributed by atoms with E-state index < -0.39 is 21.7 Å². The second-order valence-corrected chi connectivity index (χ2v) is 7.57. The summed E-state index contributed by atoms with van der Waals surface area (Å²) in [5, 5.41) is 0. The first-order valence-corrected chi connectivity index (χ1v) is 9.37. The van der Waals surface area contributed by atoms with Crippen molar-refractivity contribution in [1.29, 1.82) is 0 Å².